The quantitative estimate of drug-likeness (QED) is 0.862. The fourth-order valence-corrected chi connectivity index (χ4v) is 1.54. The van der Waals surface area contributed by atoms with Crippen molar-refractivity contribution in [1.29, 1.82) is 0 Å². The lowest BCUT2D eigenvalue weighted by Crippen LogP contribution is -2.27. The summed E-state index contributed by atoms with van der Waals surface area (Å²) in [5, 5.41) is 9.75. The third kappa shape index (κ3) is 2.89. The third-order valence-electron chi connectivity index (χ3n) is 2.39. The number of hydrogen-bond acceptors (Lipinski definition) is 3. The predicted octanol–water partition coefficient (Wildman–Crippen LogP) is 2.09. The van der Waals surface area contributed by atoms with Crippen molar-refractivity contribution in [2.45, 2.75) is 25.2 Å². The summed E-state index contributed by atoms with van der Waals surface area (Å²) in [6.45, 7) is 1.43. The van der Waals surface area contributed by atoms with Gasteiger partial charge in [0.2, 0.25) is 0 Å². The van der Waals surface area contributed by atoms with E-state index in [-0.39, 0.29) is 11.3 Å². The van der Waals surface area contributed by atoms with E-state index < -0.39 is 23.9 Å². The number of rotatable bonds is 3. The molecule has 17 heavy (non-hydrogen) atoms. The Bertz CT molecular complexity index is 391. The largest absolute Gasteiger partial charge is 0.496 e. The Labute approximate surface area is 97.0 Å². The third-order valence-corrected chi connectivity index (χ3v) is 2.39. The van der Waals surface area contributed by atoms with E-state index in [1.54, 1.807) is 0 Å². The van der Waals surface area contributed by atoms with Crippen LogP contribution in [-0.2, 0) is 6.18 Å². The zero-order valence-corrected chi connectivity index (χ0v) is 9.45. The Balaban J connectivity index is 3.41. The van der Waals surface area contributed by atoms with E-state index >= 15 is 0 Å². The second-order valence-corrected chi connectivity index (χ2v) is 3.72. The molecule has 1 aromatic rings. The van der Waals surface area contributed by atoms with Crippen LogP contribution in [0.1, 0.15) is 24.2 Å². The standard InChI is InChI=1S/C11H14F3NO2/c1-6(15)10(16)9-7(11(12,13)14)4-3-5-8(9)17-2/h3-6,10,16H,15H2,1-2H3/t6-,10-/m0/s1. The van der Waals surface area contributed by atoms with E-state index in [4.69, 9.17) is 10.5 Å². The van der Waals surface area contributed by atoms with Crippen LogP contribution in [-0.4, -0.2) is 18.3 Å². The van der Waals surface area contributed by atoms with Crippen molar-refractivity contribution >= 4 is 0 Å². The van der Waals surface area contributed by atoms with Crippen molar-refractivity contribution in [1.82, 2.24) is 0 Å². The molecule has 0 aromatic heterocycles. The Hall–Kier alpha value is -1.27. The number of methoxy groups -OCH3 is 1. The summed E-state index contributed by atoms with van der Waals surface area (Å²) in [7, 11) is 1.24. The minimum Gasteiger partial charge on any atom is -0.496 e. The van der Waals surface area contributed by atoms with E-state index in [0.717, 1.165) is 6.07 Å². The van der Waals surface area contributed by atoms with E-state index in [2.05, 4.69) is 0 Å². The normalized spacial score (nSPS) is 15.5. The van der Waals surface area contributed by atoms with Gasteiger partial charge in [-0.05, 0) is 19.1 Å². The molecule has 0 fully saturated rings. The van der Waals surface area contributed by atoms with Crippen LogP contribution in [0.3, 0.4) is 0 Å². The van der Waals surface area contributed by atoms with Crippen LogP contribution < -0.4 is 10.5 Å². The van der Waals surface area contributed by atoms with Gasteiger partial charge < -0.3 is 15.6 Å². The maximum Gasteiger partial charge on any atom is 0.416 e. The SMILES string of the molecule is COc1cccc(C(F)(F)F)c1[C@@H](O)[C@H](C)N. The lowest BCUT2D eigenvalue weighted by Gasteiger charge is -2.22. The van der Waals surface area contributed by atoms with Crippen LogP contribution in [0.2, 0.25) is 0 Å². The van der Waals surface area contributed by atoms with Gasteiger partial charge in [-0.15, -0.1) is 0 Å². The molecule has 0 radical (unpaired) electrons. The highest BCUT2D eigenvalue weighted by Crippen LogP contribution is 2.39. The number of ether oxygens (including phenoxy) is 1. The first-order valence-electron chi connectivity index (χ1n) is 4.96. The van der Waals surface area contributed by atoms with Gasteiger partial charge in [0.15, 0.2) is 0 Å². The molecule has 0 bridgehead atoms. The molecule has 3 N–H and O–H groups in total. The average molecular weight is 249 g/mol. The lowest BCUT2D eigenvalue weighted by molar-refractivity contribution is -0.139. The number of aliphatic hydroxyl groups excluding tert-OH is 1. The molecule has 0 saturated carbocycles. The van der Waals surface area contributed by atoms with E-state index in [1.165, 1.54) is 26.2 Å². The van der Waals surface area contributed by atoms with Gasteiger partial charge in [-0.1, -0.05) is 6.07 Å². The predicted molar refractivity (Wildman–Crippen MR) is 56.6 cm³/mol. The van der Waals surface area contributed by atoms with Gasteiger partial charge in [0.25, 0.3) is 0 Å². The number of aliphatic hydroxyl groups is 1. The topological polar surface area (TPSA) is 55.5 Å². The highest BCUT2D eigenvalue weighted by molar-refractivity contribution is 5.44. The summed E-state index contributed by atoms with van der Waals surface area (Å²) >= 11 is 0. The molecule has 0 unspecified atom stereocenters. The van der Waals surface area contributed by atoms with Crippen LogP contribution in [0, 0.1) is 0 Å². The first-order valence-corrected chi connectivity index (χ1v) is 4.96. The molecule has 2 atom stereocenters. The maximum absolute atomic E-state index is 12.8. The fraction of sp³-hybridized carbons (Fsp3) is 0.455. The van der Waals surface area contributed by atoms with Gasteiger partial charge in [0, 0.05) is 11.6 Å². The van der Waals surface area contributed by atoms with Gasteiger partial charge in [0.1, 0.15) is 5.75 Å². The Morgan fingerprint density at radius 1 is 1.35 bits per heavy atom. The molecule has 0 aliphatic carbocycles. The summed E-state index contributed by atoms with van der Waals surface area (Å²) in [5.41, 5.74) is 4.18. The number of halogens is 3. The zero-order valence-electron chi connectivity index (χ0n) is 9.45. The molecule has 3 nitrogen and oxygen atoms in total. The molecule has 6 heteroatoms. The molecule has 1 rings (SSSR count). The fourth-order valence-electron chi connectivity index (χ4n) is 1.54. The number of nitrogens with two attached hydrogens (primary N) is 1. The maximum atomic E-state index is 12.8. The molecule has 96 valence electrons. The highest BCUT2D eigenvalue weighted by atomic mass is 19.4. The van der Waals surface area contributed by atoms with Crippen LogP contribution in [0.15, 0.2) is 18.2 Å². The highest BCUT2D eigenvalue weighted by Gasteiger charge is 2.37. The van der Waals surface area contributed by atoms with Crippen molar-refractivity contribution in [3.05, 3.63) is 29.3 Å². The van der Waals surface area contributed by atoms with Crippen LogP contribution in [0.25, 0.3) is 0 Å². The summed E-state index contributed by atoms with van der Waals surface area (Å²) < 4.78 is 43.2. The van der Waals surface area contributed by atoms with E-state index in [1.807, 2.05) is 0 Å². The van der Waals surface area contributed by atoms with Crippen molar-refractivity contribution in [3.8, 4) is 5.75 Å². The Morgan fingerprint density at radius 2 is 1.94 bits per heavy atom. The van der Waals surface area contributed by atoms with Gasteiger partial charge >= 0.3 is 6.18 Å². The zero-order chi connectivity index (χ0) is 13.2. The van der Waals surface area contributed by atoms with Crippen molar-refractivity contribution < 1.29 is 23.0 Å². The monoisotopic (exact) mass is 249 g/mol. The molecular formula is C11H14F3NO2. The molecular weight excluding hydrogens is 235 g/mol. The van der Waals surface area contributed by atoms with Crippen LogP contribution >= 0.6 is 0 Å². The van der Waals surface area contributed by atoms with Gasteiger partial charge in [-0.2, -0.15) is 13.2 Å². The van der Waals surface area contributed by atoms with Crippen molar-refractivity contribution in [2.24, 2.45) is 5.73 Å². The minimum absolute atomic E-state index is 0.0235. The first kappa shape index (κ1) is 13.8. The van der Waals surface area contributed by atoms with Crippen LogP contribution in [0.4, 0.5) is 13.2 Å². The number of benzene rings is 1. The first-order chi connectivity index (χ1) is 7.79. The second kappa shape index (κ2) is 4.93. The number of alkyl halides is 3. The smallest absolute Gasteiger partial charge is 0.416 e. The molecule has 0 saturated heterocycles. The van der Waals surface area contributed by atoms with E-state index in [0.29, 0.717) is 0 Å². The van der Waals surface area contributed by atoms with Crippen molar-refractivity contribution in [3.63, 3.8) is 0 Å². The Morgan fingerprint density at radius 3 is 2.35 bits per heavy atom. The summed E-state index contributed by atoms with van der Waals surface area (Å²) in [6, 6.07) is 2.64. The van der Waals surface area contributed by atoms with E-state index in [9.17, 15) is 18.3 Å². The summed E-state index contributed by atoms with van der Waals surface area (Å²) in [6.07, 6.45) is -5.98. The van der Waals surface area contributed by atoms with Gasteiger partial charge in [0.05, 0.1) is 18.8 Å². The summed E-state index contributed by atoms with van der Waals surface area (Å²) in [5.74, 6) is -0.0235. The number of hydrogen-bond donors (Lipinski definition) is 2. The molecule has 1 aromatic carbocycles. The van der Waals surface area contributed by atoms with Crippen LogP contribution in [0.5, 0.6) is 5.75 Å². The second-order valence-electron chi connectivity index (χ2n) is 3.72. The average Bonchev–Trinajstić information content (AvgIpc) is 2.25. The minimum atomic E-state index is -4.56. The van der Waals surface area contributed by atoms with Gasteiger partial charge in [-0.3, -0.25) is 0 Å². The van der Waals surface area contributed by atoms with Crippen molar-refractivity contribution in [2.75, 3.05) is 7.11 Å². The van der Waals surface area contributed by atoms with Gasteiger partial charge in [-0.25, -0.2) is 0 Å². The molecule has 0 spiro atoms. The molecule has 0 heterocycles. The molecule has 0 aliphatic rings. The Kier molecular flexibility index (Phi) is 4.00. The molecule has 0 aliphatic heterocycles. The summed E-state index contributed by atoms with van der Waals surface area (Å²) in [4.78, 5) is 0. The lowest BCUT2D eigenvalue weighted by atomic mass is 9.97. The molecule has 0 amide bonds.